The summed E-state index contributed by atoms with van der Waals surface area (Å²) in [5.74, 6) is 0. The molecule has 0 radical (unpaired) electrons. The van der Waals surface area contributed by atoms with Crippen LogP contribution in [0.15, 0.2) is 12.7 Å². The SMILES string of the molecule is C=CC[C@@]1(C)CCC[C@H]1OS(C)(=O)=O. The highest BCUT2D eigenvalue weighted by Gasteiger charge is 2.40. The van der Waals surface area contributed by atoms with E-state index in [0.717, 1.165) is 31.9 Å². The van der Waals surface area contributed by atoms with Crippen molar-refractivity contribution in [3.8, 4) is 0 Å². The molecule has 0 aromatic heterocycles. The fourth-order valence-electron chi connectivity index (χ4n) is 2.14. The van der Waals surface area contributed by atoms with Crippen molar-refractivity contribution >= 4 is 10.1 Å². The van der Waals surface area contributed by atoms with Gasteiger partial charge in [-0.2, -0.15) is 8.42 Å². The van der Waals surface area contributed by atoms with E-state index in [-0.39, 0.29) is 11.5 Å². The van der Waals surface area contributed by atoms with E-state index in [2.05, 4.69) is 13.5 Å². The fourth-order valence-corrected chi connectivity index (χ4v) is 2.89. The van der Waals surface area contributed by atoms with Gasteiger partial charge in [-0.1, -0.05) is 19.4 Å². The average Bonchev–Trinajstić information content (AvgIpc) is 2.30. The van der Waals surface area contributed by atoms with Crippen LogP contribution in [0.4, 0.5) is 0 Å². The van der Waals surface area contributed by atoms with E-state index in [1.807, 2.05) is 6.08 Å². The van der Waals surface area contributed by atoms with Crippen LogP contribution < -0.4 is 0 Å². The third kappa shape index (κ3) is 2.82. The Hall–Kier alpha value is -0.350. The van der Waals surface area contributed by atoms with Crippen molar-refractivity contribution in [1.29, 1.82) is 0 Å². The summed E-state index contributed by atoms with van der Waals surface area (Å²) in [6.45, 7) is 5.76. The maximum Gasteiger partial charge on any atom is 0.264 e. The summed E-state index contributed by atoms with van der Waals surface area (Å²) in [7, 11) is -3.33. The summed E-state index contributed by atoms with van der Waals surface area (Å²) in [5, 5.41) is 0. The Labute approximate surface area is 86.3 Å². The Morgan fingerprint density at radius 2 is 2.29 bits per heavy atom. The molecule has 0 amide bonds. The standard InChI is InChI=1S/C10H18O3S/c1-4-7-10(2)8-5-6-9(10)13-14(3,11)12/h4,9H,1,5-8H2,2-3H3/t9-,10+/m1/s1. The third-order valence-corrected chi connectivity index (χ3v) is 3.48. The number of hydrogen-bond donors (Lipinski definition) is 0. The monoisotopic (exact) mass is 218 g/mol. The maximum absolute atomic E-state index is 11.0. The van der Waals surface area contributed by atoms with E-state index in [0.29, 0.717) is 0 Å². The predicted octanol–water partition coefficient (Wildman–Crippen LogP) is 2.10. The first-order valence-corrected chi connectivity index (χ1v) is 6.68. The van der Waals surface area contributed by atoms with E-state index in [1.54, 1.807) is 0 Å². The molecule has 1 rings (SSSR count). The molecular weight excluding hydrogens is 200 g/mol. The molecule has 0 unspecified atom stereocenters. The third-order valence-electron chi connectivity index (χ3n) is 2.89. The zero-order valence-electron chi connectivity index (χ0n) is 8.82. The summed E-state index contributed by atoms with van der Waals surface area (Å²) < 4.78 is 27.2. The van der Waals surface area contributed by atoms with Crippen LogP contribution in [-0.2, 0) is 14.3 Å². The molecule has 1 aliphatic carbocycles. The van der Waals surface area contributed by atoms with Crippen LogP contribution in [0, 0.1) is 5.41 Å². The molecule has 0 saturated heterocycles. The summed E-state index contributed by atoms with van der Waals surface area (Å²) in [4.78, 5) is 0. The highest BCUT2D eigenvalue weighted by atomic mass is 32.2. The van der Waals surface area contributed by atoms with Gasteiger partial charge in [-0.25, -0.2) is 0 Å². The van der Waals surface area contributed by atoms with Gasteiger partial charge in [0.1, 0.15) is 0 Å². The van der Waals surface area contributed by atoms with Crippen LogP contribution in [0.25, 0.3) is 0 Å². The molecule has 14 heavy (non-hydrogen) atoms. The van der Waals surface area contributed by atoms with Crippen molar-refractivity contribution in [2.24, 2.45) is 5.41 Å². The first kappa shape index (κ1) is 11.7. The topological polar surface area (TPSA) is 43.4 Å². The van der Waals surface area contributed by atoms with Gasteiger partial charge in [0.05, 0.1) is 12.4 Å². The highest BCUT2D eigenvalue weighted by Crippen LogP contribution is 2.43. The van der Waals surface area contributed by atoms with Crippen LogP contribution in [0.3, 0.4) is 0 Å². The first-order chi connectivity index (χ1) is 6.37. The maximum atomic E-state index is 11.0. The molecule has 0 aromatic rings. The largest absolute Gasteiger partial charge is 0.266 e. The molecule has 0 N–H and O–H groups in total. The molecule has 1 saturated carbocycles. The van der Waals surface area contributed by atoms with Crippen LogP contribution in [-0.4, -0.2) is 20.8 Å². The lowest BCUT2D eigenvalue weighted by Crippen LogP contribution is -2.30. The van der Waals surface area contributed by atoms with Crippen molar-refractivity contribution in [3.05, 3.63) is 12.7 Å². The number of allylic oxidation sites excluding steroid dienone is 1. The molecule has 3 nitrogen and oxygen atoms in total. The molecule has 4 heteroatoms. The molecule has 0 heterocycles. The fraction of sp³-hybridized carbons (Fsp3) is 0.800. The lowest BCUT2D eigenvalue weighted by Gasteiger charge is -2.29. The van der Waals surface area contributed by atoms with E-state index in [4.69, 9.17) is 4.18 Å². The van der Waals surface area contributed by atoms with Crippen molar-refractivity contribution in [2.45, 2.75) is 38.7 Å². The zero-order chi connectivity index (χ0) is 10.8. The zero-order valence-corrected chi connectivity index (χ0v) is 9.64. The minimum Gasteiger partial charge on any atom is -0.266 e. The van der Waals surface area contributed by atoms with Crippen LogP contribution in [0.5, 0.6) is 0 Å². The molecule has 0 bridgehead atoms. The summed E-state index contributed by atoms with van der Waals surface area (Å²) in [6, 6.07) is 0. The molecule has 0 aliphatic heterocycles. The van der Waals surface area contributed by atoms with Gasteiger partial charge in [-0.3, -0.25) is 4.18 Å². The second kappa shape index (κ2) is 4.03. The molecule has 1 aliphatic rings. The first-order valence-electron chi connectivity index (χ1n) is 4.86. The van der Waals surface area contributed by atoms with E-state index in [9.17, 15) is 8.42 Å². The van der Waals surface area contributed by atoms with Gasteiger partial charge in [0, 0.05) is 0 Å². The van der Waals surface area contributed by atoms with Crippen molar-refractivity contribution in [3.63, 3.8) is 0 Å². The van der Waals surface area contributed by atoms with E-state index < -0.39 is 10.1 Å². The van der Waals surface area contributed by atoms with Gasteiger partial charge in [-0.05, 0) is 24.7 Å². The Morgan fingerprint density at radius 3 is 2.79 bits per heavy atom. The Morgan fingerprint density at radius 1 is 1.64 bits per heavy atom. The Balaban J connectivity index is 2.73. The molecule has 2 atom stereocenters. The van der Waals surface area contributed by atoms with Gasteiger partial charge in [-0.15, -0.1) is 6.58 Å². The number of hydrogen-bond acceptors (Lipinski definition) is 3. The molecule has 0 spiro atoms. The molecule has 1 fully saturated rings. The van der Waals surface area contributed by atoms with Gasteiger partial charge >= 0.3 is 0 Å². The van der Waals surface area contributed by atoms with Gasteiger partial charge in [0.25, 0.3) is 10.1 Å². The van der Waals surface area contributed by atoms with Gasteiger partial charge in [0.15, 0.2) is 0 Å². The van der Waals surface area contributed by atoms with Crippen molar-refractivity contribution in [1.82, 2.24) is 0 Å². The number of rotatable bonds is 4. The summed E-state index contributed by atoms with van der Waals surface area (Å²) in [5.41, 5.74) is -0.0508. The lowest BCUT2D eigenvalue weighted by atomic mass is 9.83. The molecule has 82 valence electrons. The van der Waals surface area contributed by atoms with Crippen molar-refractivity contribution in [2.75, 3.05) is 6.26 Å². The predicted molar refractivity (Wildman–Crippen MR) is 56.5 cm³/mol. The van der Waals surface area contributed by atoms with E-state index in [1.165, 1.54) is 0 Å². The minimum atomic E-state index is -3.33. The Kier molecular flexibility index (Phi) is 3.37. The van der Waals surface area contributed by atoms with E-state index >= 15 is 0 Å². The van der Waals surface area contributed by atoms with Crippen LogP contribution in [0.1, 0.15) is 32.6 Å². The molecular formula is C10H18O3S. The Bertz CT molecular complexity index is 307. The summed E-state index contributed by atoms with van der Waals surface area (Å²) >= 11 is 0. The van der Waals surface area contributed by atoms with Crippen LogP contribution in [0.2, 0.25) is 0 Å². The normalized spacial score (nSPS) is 33.1. The quantitative estimate of drug-likeness (QED) is 0.536. The second-order valence-corrected chi connectivity index (χ2v) is 5.93. The summed E-state index contributed by atoms with van der Waals surface area (Å²) in [6.07, 6.45) is 6.47. The smallest absolute Gasteiger partial charge is 0.264 e. The second-order valence-electron chi connectivity index (χ2n) is 4.33. The lowest BCUT2D eigenvalue weighted by molar-refractivity contribution is 0.0985. The molecule has 0 aromatic carbocycles. The average molecular weight is 218 g/mol. The van der Waals surface area contributed by atoms with Gasteiger partial charge < -0.3 is 0 Å². The van der Waals surface area contributed by atoms with Crippen LogP contribution >= 0.6 is 0 Å². The highest BCUT2D eigenvalue weighted by molar-refractivity contribution is 7.86. The minimum absolute atomic E-state index is 0.0508. The van der Waals surface area contributed by atoms with Gasteiger partial charge in [0.2, 0.25) is 0 Å². The van der Waals surface area contributed by atoms with Crippen molar-refractivity contribution < 1.29 is 12.6 Å².